The van der Waals surface area contributed by atoms with Crippen LogP contribution < -0.4 is 19.7 Å². The zero-order valence-corrected chi connectivity index (χ0v) is 16.4. The lowest BCUT2D eigenvalue weighted by Crippen LogP contribution is -2.23. The molecule has 1 aliphatic heterocycles. The molecular weight excluding hydrogens is 356 g/mol. The van der Waals surface area contributed by atoms with Crippen LogP contribution in [0.15, 0.2) is 42.5 Å². The molecule has 2 aromatic carbocycles. The summed E-state index contributed by atoms with van der Waals surface area (Å²) in [5, 5.41) is 2.88. The van der Waals surface area contributed by atoms with Crippen LogP contribution in [-0.2, 0) is 4.79 Å². The fourth-order valence-electron chi connectivity index (χ4n) is 3.10. The van der Waals surface area contributed by atoms with Crippen molar-refractivity contribution in [2.24, 2.45) is 0 Å². The van der Waals surface area contributed by atoms with E-state index in [4.69, 9.17) is 9.47 Å². The Morgan fingerprint density at radius 2 is 1.86 bits per heavy atom. The van der Waals surface area contributed by atoms with Gasteiger partial charge in [-0.25, -0.2) is 0 Å². The number of hydrogen-bond donors (Lipinski definition) is 1. The first-order chi connectivity index (χ1) is 13.6. The third-order valence-electron chi connectivity index (χ3n) is 4.48. The Labute approximate surface area is 165 Å². The lowest BCUT2D eigenvalue weighted by Gasteiger charge is -2.16. The van der Waals surface area contributed by atoms with Gasteiger partial charge >= 0.3 is 0 Å². The molecule has 28 heavy (non-hydrogen) atoms. The Morgan fingerprint density at radius 1 is 1.07 bits per heavy atom. The van der Waals surface area contributed by atoms with Crippen LogP contribution in [0.25, 0.3) is 0 Å². The van der Waals surface area contributed by atoms with E-state index in [1.807, 2.05) is 26.0 Å². The van der Waals surface area contributed by atoms with Crippen LogP contribution in [0.5, 0.6) is 11.5 Å². The second-order valence-corrected chi connectivity index (χ2v) is 6.59. The Hall–Kier alpha value is -3.02. The molecule has 0 unspecified atom stereocenters. The fourth-order valence-corrected chi connectivity index (χ4v) is 3.10. The van der Waals surface area contributed by atoms with Crippen LogP contribution in [0.2, 0.25) is 0 Å². The highest BCUT2D eigenvalue weighted by Gasteiger charge is 2.21. The Bertz CT molecular complexity index is 833. The maximum Gasteiger partial charge on any atom is 0.255 e. The summed E-state index contributed by atoms with van der Waals surface area (Å²) in [6.07, 6.45) is 2.38. The highest BCUT2D eigenvalue weighted by atomic mass is 16.5. The van der Waals surface area contributed by atoms with E-state index < -0.39 is 0 Å². The van der Waals surface area contributed by atoms with E-state index in [0.29, 0.717) is 42.4 Å². The van der Waals surface area contributed by atoms with Gasteiger partial charge in [-0.2, -0.15) is 0 Å². The molecule has 148 valence electrons. The van der Waals surface area contributed by atoms with Crippen molar-refractivity contribution in [2.45, 2.75) is 33.1 Å². The van der Waals surface area contributed by atoms with Crippen molar-refractivity contribution in [2.75, 3.05) is 30.0 Å². The summed E-state index contributed by atoms with van der Waals surface area (Å²) in [4.78, 5) is 26.2. The van der Waals surface area contributed by atoms with Crippen LogP contribution in [0, 0.1) is 0 Å². The van der Waals surface area contributed by atoms with E-state index >= 15 is 0 Å². The minimum absolute atomic E-state index is 0.144. The number of carbonyl (C=O) groups excluding carboxylic acids is 2. The molecular formula is C22H26N2O4. The molecule has 2 amide bonds. The van der Waals surface area contributed by atoms with Crippen molar-refractivity contribution in [1.82, 2.24) is 0 Å². The summed E-state index contributed by atoms with van der Waals surface area (Å²) in [5.41, 5.74) is 2.02. The van der Waals surface area contributed by atoms with Gasteiger partial charge < -0.3 is 19.7 Å². The number of benzene rings is 2. The highest BCUT2D eigenvalue weighted by Crippen LogP contribution is 2.29. The molecule has 2 aromatic rings. The zero-order valence-electron chi connectivity index (χ0n) is 16.4. The van der Waals surface area contributed by atoms with Gasteiger partial charge in [0.05, 0.1) is 13.2 Å². The third kappa shape index (κ3) is 4.63. The van der Waals surface area contributed by atoms with E-state index in [2.05, 4.69) is 5.32 Å². The molecule has 0 radical (unpaired) electrons. The Kier molecular flexibility index (Phi) is 6.53. The lowest BCUT2D eigenvalue weighted by molar-refractivity contribution is -0.117. The summed E-state index contributed by atoms with van der Waals surface area (Å²) in [6.45, 7) is 5.76. The molecule has 0 atom stereocenters. The average Bonchev–Trinajstić information content (AvgIpc) is 3.13. The highest BCUT2D eigenvalue weighted by molar-refractivity contribution is 6.05. The van der Waals surface area contributed by atoms with Crippen molar-refractivity contribution in [1.29, 1.82) is 0 Å². The average molecular weight is 382 g/mol. The van der Waals surface area contributed by atoms with Gasteiger partial charge in [-0.05, 0) is 62.2 Å². The van der Waals surface area contributed by atoms with Gasteiger partial charge in [0.15, 0.2) is 11.5 Å². The molecule has 1 aliphatic rings. The predicted octanol–water partition coefficient (Wildman–Crippen LogP) is 4.25. The maximum absolute atomic E-state index is 12.6. The van der Waals surface area contributed by atoms with Gasteiger partial charge in [-0.1, -0.05) is 6.92 Å². The first-order valence-corrected chi connectivity index (χ1v) is 9.73. The summed E-state index contributed by atoms with van der Waals surface area (Å²) in [6, 6.07) is 12.5. The predicted molar refractivity (Wildman–Crippen MR) is 109 cm³/mol. The van der Waals surface area contributed by atoms with Crippen molar-refractivity contribution in [3.63, 3.8) is 0 Å². The number of anilines is 2. The lowest BCUT2D eigenvalue weighted by atomic mass is 10.1. The minimum Gasteiger partial charge on any atom is -0.490 e. The maximum atomic E-state index is 12.6. The number of carbonyl (C=O) groups is 2. The molecule has 0 bridgehead atoms. The van der Waals surface area contributed by atoms with Crippen molar-refractivity contribution in [3.8, 4) is 11.5 Å². The normalized spacial score (nSPS) is 13.5. The van der Waals surface area contributed by atoms with E-state index in [1.165, 1.54) is 0 Å². The quantitative estimate of drug-likeness (QED) is 0.741. The molecule has 1 saturated heterocycles. The largest absolute Gasteiger partial charge is 0.490 e. The van der Waals surface area contributed by atoms with Crippen LogP contribution in [-0.4, -0.2) is 31.6 Å². The molecule has 0 aromatic heterocycles. The van der Waals surface area contributed by atoms with E-state index in [-0.39, 0.29) is 11.8 Å². The second-order valence-electron chi connectivity index (χ2n) is 6.59. The fraction of sp³-hybridized carbons (Fsp3) is 0.364. The Balaban J connectivity index is 1.70. The number of ether oxygens (including phenoxy) is 2. The summed E-state index contributed by atoms with van der Waals surface area (Å²) in [7, 11) is 0. The molecule has 0 saturated carbocycles. The summed E-state index contributed by atoms with van der Waals surface area (Å²) in [5.74, 6) is 1.12. The molecule has 0 aliphatic carbocycles. The summed E-state index contributed by atoms with van der Waals surface area (Å²) >= 11 is 0. The zero-order chi connectivity index (χ0) is 19.9. The number of nitrogens with one attached hydrogen (secondary N) is 1. The standard InChI is InChI=1S/C22H26N2O4/c1-3-14-28-19-12-7-16(15-20(19)27-4-2)22(26)23-17-8-10-18(11-9-17)24-13-5-6-21(24)25/h7-12,15H,3-6,13-14H2,1-2H3,(H,23,26). The van der Waals surface area contributed by atoms with Crippen molar-refractivity contribution in [3.05, 3.63) is 48.0 Å². The van der Waals surface area contributed by atoms with Crippen LogP contribution >= 0.6 is 0 Å². The third-order valence-corrected chi connectivity index (χ3v) is 4.48. The van der Waals surface area contributed by atoms with Gasteiger partial charge in [0, 0.05) is 29.9 Å². The van der Waals surface area contributed by atoms with Crippen LogP contribution in [0.4, 0.5) is 11.4 Å². The number of hydrogen-bond acceptors (Lipinski definition) is 4. The van der Waals surface area contributed by atoms with E-state index in [0.717, 1.165) is 25.1 Å². The Morgan fingerprint density at radius 3 is 2.50 bits per heavy atom. The molecule has 0 spiro atoms. The molecule has 6 heteroatoms. The molecule has 1 N–H and O–H groups in total. The molecule has 1 fully saturated rings. The van der Waals surface area contributed by atoms with Crippen LogP contribution in [0.3, 0.4) is 0 Å². The second kappa shape index (κ2) is 9.26. The van der Waals surface area contributed by atoms with Crippen molar-refractivity contribution >= 4 is 23.2 Å². The molecule has 1 heterocycles. The van der Waals surface area contributed by atoms with Gasteiger partial charge in [0.1, 0.15) is 0 Å². The van der Waals surface area contributed by atoms with Gasteiger partial charge in [0.25, 0.3) is 5.91 Å². The SMILES string of the molecule is CCCOc1ccc(C(=O)Nc2ccc(N3CCCC3=O)cc2)cc1OCC. The number of rotatable bonds is 8. The van der Waals surface area contributed by atoms with Crippen LogP contribution in [0.1, 0.15) is 43.5 Å². The smallest absolute Gasteiger partial charge is 0.255 e. The monoisotopic (exact) mass is 382 g/mol. The first-order valence-electron chi connectivity index (χ1n) is 9.73. The summed E-state index contributed by atoms with van der Waals surface area (Å²) < 4.78 is 11.3. The van der Waals surface area contributed by atoms with Crippen molar-refractivity contribution < 1.29 is 19.1 Å². The van der Waals surface area contributed by atoms with Gasteiger partial charge in [-0.15, -0.1) is 0 Å². The van der Waals surface area contributed by atoms with E-state index in [9.17, 15) is 9.59 Å². The topological polar surface area (TPSA) is 67.9 Å². The van der Waals surface area contributed by atoms with E-state index in [1.54, 1.807) is 35.2 Å². The van der Waals surface area contributed by atoms with Gasteiger partial charge in [-0.3, -0.25) is 9.59 Å². The molecule has 3 rings (SSSR count). The number of nitrogens with zero attached hydrogens (tertiary/aromatic N) is 1. The van der Waals surface area contributed by atoms with Gasteiger partial charge in [0.2, 0.25) is 5.91 Å². The first kappa shape index (κ1) is 19.7. The molecule has 6 nitrogen and oxygen atoms in total. The number of amides is 2. The minimum atomic E-state index is -0.229.